The van der Waals surface area contributed by atoms with Gasteiger partial charge >= 0.3 is 0 Å². The van der Waals surface area contributed by atoms with E-state index in [4.69, 9.17) is 5.73 Å². The number of phenols is 1. The summed E-state index contributed by atoms with van der Waals surface area (Å²) in [6.07, 6.45) is 0. The third-order valence-electron chi connectivity index (χ3n) is 3.44. The molecule has 0 bridgehead atoms. The summed E-state index contributed by atoms with van der Waals surface area (Å²) < 4.78 is 26.4. The fourth-order valence-electron chi connectivity index (χ4n) is 2.05. The first-order chi connectivity index (χ1) is 10.8. The molecule has 2 aromatic carbocycles. The molecule has 0 aliphatic heterocycles. The van der Waals surface area contributed by atoms with Crippen LogP contribution in [0.5, 0.6) is 5.75 Å². The summed E-state index contributed by atoms with van der Waals surface area (Å²) in [6.45, 7) is 0.211. The van der Waals surface area contributed by atoms with Crippen LogP contribution < -0.4 is 5.73 Å². The van der Waals surface area contributed by atoms with Crippen molar-refractivity contribution in [2.75, 3.05) is 14.1 Å². The fourth-order valence-corrected chi connectivity index (χ4v) is 3.21. The van der Waals surface area contributed by atoms with E-state index in [-0.39, 0.29) is 17.2 Å². The van der Waals surface area contributed by atoms with Crippen LogP contribution in [0.4, 0.5) is 0 Å². The van der Waals surface area contributed by atoms with Crippen LogP contribution in [0.25, 0.3) is 0 Å². The number of amidine groups is 1. The number of benzene rings is 2. The highest BCUT2D eigenvalue weighted by molar-refractivity contribution is 7.89. The average molecular weight is 333 g/mol. The van der Waals surface area contributed by atoms with Crippen molar-refractivity contribution in [2.45, 2.75) is 11.4 Å². The summed E-state index contributed by atoms with van der Waals surface area (Å²) in [7, 11) is -0.520. The molecule has 0 aliphatic carbocycles. The topological polar surface area (TPSA) is 96.0 Å². The van der Waals surface area contributed by atoms with Gasteiger partial charge in [0.1, 0.15) is 11.6 Å². The van der Waals surface area contributed by atoms with Gasteiger partial charge in [0.05, 0.1) is 4.90 Å². The monoisotopic (exact) mass is 333 g/mol. The quantitative estimate of drug-likeness (QED) is 0.641. The van der Waals surface area contributed by atoms with E-state index in [9.17, 15) is 13.5 Å². The molecule has 0 aromatic heterocycles. The zero-order valence-electron chi connectivity index (χ0n) is 13.0. The second-order valence-corrected chi connectivity index (χ2v) is 7.11. The molecule has 122 valence electrons. The van der Waals surface area contributed by atoms with Crippen LogP contribution in [0.3, 0.4) is 0 Å². The van der Waals surface area contributed by atoms with E-state index in [1.165, 1.54) is 35.6 Å². The van der Waals surface area contributed by atoms with Crippen LogP contribution in [-0.4, -0.2) is 37.8 Å². The van der Waals surface area contributed by atoms with Crippen molar-refractivity contribution in [1.82, 2.24) is 4.31 Å². The van der Waals surface area contributed by atoms with Crippen LogP contribution in [0.15, 0.2) is 58.4 Å². The highest BCUT2D eigenvalue weighted by atomic mass is 32.2. The smallest absolute Gasteiger partial charge is 0.243 e. The largest absolute Gasteiger partial charge is 0.508 e. The number of aromatic hydroxyl groups is 1. The van der Waals surface area contributed by atoms with Gasteiger partial charge in [0, 0.05) is 26.2 Å². The first-order valence-corrected chi connectivity index (χ1v) is 8.35. The predicted molar refractivity (Wildman–Crippen MR) is 89.9 cm³/mol. The third kappa shape index (κ3) is 3.88. The van der Waals surface area contributed by atoms with Crippen LogP contribution in [-0.2, 0) is 16.6 Å². The van der Waals surface area contributed by atoms with Crippen LogP contribution >= 0.6 is 0 Å². The minimum atomic E-state index is -3.61. The van der Waals surface area contributed by atoms with Crippen LogP contribution in [0.1, 0.15) is 11.1 Å². The zero-order valence-corrected chi connectivity index (χ0v) is 13.8. The predicted octanol–water partition coefficient (Wildman–Crippen LogP) is 1.55. The second kappa shape index (κ2) is 6.80. The Hall–Kier alpha value is -2.38. The number of nitrogens with zero attached hydrogens (tertiary/aromatic N) is 2. The molecule has 0 radical (unpaired) electrons. The molecule has 0 fully saturated rings. The van der Waals surface area contributed by atoms with Gasteiger partial charge in [0.25, 0.3) is 0 Å². The molecule has 0 aliphatic rings. The van der Waals surface area contributed by atoms with Gasteiger partial charge in [-0.15, -0.1) is 0 Å². The molecule has 0 unspecified atom stereocenters. The second-order valence-electron chi connectivity index (χ2n) is 5.06. The maximum atomic E-state index is 12.6. The molecular formula is C16H19N3O3S. The molecule has 0 atom stereocenters. The van der Waals surface area contributed by atoms with E-state index >= 15 is 0 Å². The van der Waals surface area contributed by atoms with E-state index < -0.39 is 10.0 Å². The highest BCUT2D eigenvalue weighted by Gasteiger charge is 2.21. The van der Waals surface area contributed by atoms with Crippen molar-refractivity contribution in [3.8, 4) is 5.75 Å². The van der Waals surface area contributed by atoms with Crippen molar-refractivity contribution < 1.29 is 13.5 Å². The van der Waals surface area contributed by atoms with Gasteiger partial charge in [0.2, 0.25) is 10.0 Å². The first kappa shape index (κ1) is 17.0. The fraction of sp³-hybridized carbons (Fsp3) is 0.188. The van der Waals surface area contributed by atoms with E-state index in [1.54, 1.807) is 31.3 Å². The molecule has 7 heteroatoms. The lowest BCUT2D eigenvalue weighted by molar-refractivity contribution is 0.463. The maximum absolute atomic E-state index is 12.6. The molecule has 2 aromatic rings. The number of sulfonamides is 1. The van der Waals surface area contributed by atoms with Crippen molar-refractivity contribution in [3.63, 3.8) is 0 Å². The zero-order chi connectivity index (χ0) is 17.0. The van der Waals surface area contributed by atoms with Gasteiger partial charge in [0.15, 0.2) is 0 Å². The Morgan fingerprint density at radius 3 is 2.22 bits per heavy atom. The minimum Gasteiger partial charge on any atom is -0.508 e. The van der Waals surface area contributed by atoms with Gasteiger partial charge in [-0.2, -0.15) is 4.31 Å². The standard InChI is InChI=1S/C16H19N3O3S/c1-18-16(17)13-5-9-15(10-6-13)23(21,22)19(2)11-12-3-7-14(20)8-4-12/h3-10,20H,11H2,1-2H3,(H2,17,18). The first-order valence-electron chi connectivity index (χ1n) is 6.91. The van der Waals surface area contributed by atoms with Gasteiger partial charge in [-0.05, 0) is 42.0 Å². The number of rotatable bonds is 5. The summed E-state index contributed by atoms with van der Waals surface area (Å²) in [5, 5.41) is 9.27. The van der Waals surface area contributed by atoms with Gasteiger partial charge in [-0.1, -0.05) is 12.1 Å². The molecule has 2 rings (SSSR count). The van der Waals surface area contributed by atoms with Crippen LogP contribution in [0.2, 0.25) is 0 Å². The number of phenolic OH excluding ortho intramolecular Hbond substituents is 1. The van der Waals surface area contributed by atoms with Gasteiger partial charge < -0.3 is 10.8 Å². The summed E-state index contributed by atoms with van der Waals surface area (Å²) in [6, 6.07) is 12.7. The van der Waals surface area contributed by atoms with Crippen molar-refractivity contribution in [3.05, 3.63) is 59.7 Å². The van der Waals surface area contributed by atoms with E-state index in [2.05, 4.69) is 4.99 Å². The Bertz CT molecular complexity index is 797. The number of nitrogens with two attached hydrogens (primary N) is 1. The maximum Gasteiger partial charge on any atom is 0.243 e. The summed E-state index contributed by atoms with van der Waals surface area (Å²) in [4.78, 5) is 4.05. The molecule has 3 N–H and O–H groups in total. The lowest BCUT2D eigenvalue weighted by Crippen LogP contribution is -2.26. The number of hydrogen-bond acceptors (Lipinski definition) is 4. The van der Waals surface area contributed by atoms with Crippen molar-refractivity contribution >= 4 is 15.9 Å². The van der Waals surface area contributed by atoms with Gasteiger partial charge in [-0.3, -0.25) is 4.99 Å². The van der Waals surface area contributed by atoms with Gasteiger partial charge in [-0.25, -0.2) is 8.42 Å². The molecule has 0 saturated heterocycles. The van der Waals surface area contributed by atoms with E-state index in [0.717, 1.165) is 5.56 Å². The molecular weight excluding hydrogens is 314 g/mol. The average Bonchev–Trinajstić information content (AvgIpc) is 2.56. The summed E-state index contributed by atoms with van der Waals surface area (Å²) >= 11 is 0. The molecule has 6 nitrogen and oxygen atoms in total. The normalized spacial score (nSPS) is 12.6. The SMILES string of the molecule is CN=C(N)c1ccc(S(=O)(=O)N(C)Cc2ccc(O)cc2)cc1. The Kier molecular flexibility index (Phi) is 5.02. The number of hydrogen-bond donors (Lipinski definition) is 2. The molecule has 0 amide bonds. The lowest BCUT2D eigenvalue weighted by atomic mass is 10.2. The van der Waals surface area contributed by atoms with E-state index in [0.29, 0.717) is 11.4 Å². The Morgan fingerprint density at radius 2 is 1.70 bits per heavy atom. The molecule has 0 saturated carbocycles. The third-order valence-corrected chi connectivity index (χ3v) is 5.26. The molecule has 23 heavy (non-hydrogen) atoms. The summed E-state index contributed by atoms with van der Waals surface area (Å²) in [5.74, 6) is 0.497. The molecule has 0 heterocycles. The van der Waals surface area contributed by atoms with E-state index in [1.807, 2.05) is 0 Å². The number of aliphatic imine (C=N–C) groups is 1. The molecule has 0 spiro atoms. The lowest BCUT2D eigenvalue weighted by Gasteiger charge is -2.17. The Labute approximate surface area is 135 Å². The van der Waals surface area contributed by atoms with Crippen molar-refractivity contribution in [1.29, 1.82) is 0 Å². The Balaban J connectivity index is 2.21. The van der Waals surface area contributed by atoms with Crippen molar-refractivity contribution in [2.24, 2.45) is 10.7 Å². The summed E-state index contributed by atoms with van der Waals surface area (Å²) in [5.41, 5.74) is 7.16. The Morgan fingerprint density at radius 1 is 1.13 bits per heavy atom. The van der Waals surface area contributed by atoms with Crippen LogP contribution in [0, 0.1) is 0 Å². The minimum absolute atomic E-state index is 0.144. The highest BCUT2D eigenvalue weighted by Crippen LogP contribution is 2.18.